The first-order valence-electron chi connectivity index (χ1n) is 8.39. The zero-order chi connectivity index (χ0) is 15.6. The number of nitrogens with one attached hydrogen (secondary N) is 2. The van der Waals surface area contributed by atoms with E-state index in [-0.39, 0.29) is 11.3 Å². The van der Waals surface area contributed by atoms with Gasteiger partial charge in [0.15, 0.2) is 0 Å². The molecular formula is C16H33N3O2. The van der Waals surface area contributed by atoms with Crippen molar-refractivity contribution in [2.75, 3.05) is 53.0 Å². The molecule has 0 aromatic rings. The lowest BCUT2D eigenvalue weighted by Crippen LogP contribution is -2.50. The van der Waals surface area contributed by atoms with Gasteiger partial charge in [0.2, 0.25) is 5.91 Å². The van der Waals surface area contributed by atoms with Crippen LogP contribution in [0, 0.1) is 5.41 Å². The first-order valence-corrected chi connectivity index (χ1v) is 8.39. The number of carbonyl (C=O) groups excluding carboxylic acids is 1. The van der Waals surface area contributed by atoms with E-state index < -0.39 is 0 Å². The van der Waals surface area contributed by atoms with Gasteiger partial charge in [0.05, 0.1) is 12.0 Å². The predicted octanol–water partition coefficient (Wildman–Crippen LogP) is 1.24. The maximum absolute atomic E-state index is 12.5. The van der Waals surface area contributed by atoms with Gasteiger partial charge in [0.25, 0.3) is 0 Å². The quantitative estimate of drug-likeness (QED) is 0.596. The molecule has 1 aliphatic heterocycles. The molecule has 0 aliphatic carbocycles. The third-order valence-electron chi connectivity index (χ3n) is 4.54. The number of nitrogens with zero attached hydrogens (tertiary/aromatic N) is 1. The first kappa shape index (κ1) is 18.4. The van der Waals surface area contributed by atoms with Crippen molar-refractivity contribution in [2.45, 2.75) is 39.5 Å². The number of rotatable bonds is 10. The fourth-order valence-electron chi connectivity index (χ4n) is 3.01. The Labute approximate surface area is 129 Å². The van der Waals surface area contributed by atoms with Crippen molar-refractivity contribution in [3.05, 3.63) is 0 Å². The molecule has 21 heavy (non-hydrogen) atoms. The van der Waals surface area contributed by atoms with Crippen molar-refractivity contribution < 1.29 is 9.53 Å². The van der Waals surface area contributed by atoms with Gasteiger partial charge in [-0.05, 0) is 58.4 Å². The lowest BCUT2D eigenvalue weighted by Gasteiger charge is -2.35. The van der Waals surface area contributed by atoms with Crippen LogP contribution in [0.15, 0.2) is 0 Å². The second kappa shape index (κ2) is 10.1. The fourth-order valence-corrected chi connectivity index (χ4v) is 3.01. The van der Waals surface area contributed by atoms with Crippen LogP contribution in [-0.4, -0.2) is 63.8 Å². The molecule has 0 atom stereocenters. The summed E-state index contributed by atoms with van der Waals surface area (Å²) in [7, 11) is 1.68. The molecule has 0 unspecified atom stereocenters. The minimum Gasteiger partial charge on any atom is -0.384 e. The summed E-state index contributed by atoms with van der Waals surface area (Å²) in [5.74, 6) is 0.175. The van der Waals surface area contributed by atoms with Gasteiger partial charge in [0, 0.05) is 13.7 Å². The molecule has 1 saturated heterocycles. The zero-order valence-electron chi connectivity index (χ0n) is 14.0. The maximum atomic E-state index is 12.5. The van der Waals surface area contributed by atoms with Crippen molar-refractivity contribution >= 4 is 5.91 Å². The smallest absolute Gasteiger partial charge is 0.228 e. The molecule has 0 saturated carbocycles. The van der Waals surface area contributed by atoms with Crippen molar-refractivity contribution in [2.24, 2.45) is 5.41 Å². The number of unbranched alkanes of at least 4 members (excludes halogenated alkanes) is 1. The van der Waals surface area contributed by atoms with Crippen LogP contribution in [-0.2, 0) is 9.53 Å². The minimum absolute atomic E-state index is 0.175. The number of piperidine rings is 1. The Balaban J connectivity index is 2.27. The number of amides is 1. The molecule has 1 aliphatic rings. The first-order chi connectivity index (χ1) is 10.2. The van der Waals surface area contributed by atoms with Crippen LogP contribution < -0.4 is 10.6 Å². The topological polar surface area (TPSA) is 53.6 Å². The molecule has 0 aromatic heterocycles. The minimum atomic E-state index is -0.321. The molecule has 2 N–H and O–H groups in total. The Kier molecular flexibility index (Phi) is 8.88. The number of carbonyl (C=O) groups is 1. The van der Waals surface area contributed by atoms with Gasteiger partial charge in [-0.3, -0.25) is 4.79 Å². The van der Waals surface area contributed by atoms with E-state index in [9.17, 15) is 4.79 Å². The van der Waals surface area contributed by atoms with Crippen LogP contribution >= 0.6 is 0 Å². The molecule has 124 valence electrons. The normalized spacial score (nSPS) is 17.9. The van der Waals surface area contributed by atoms with E-state index in [0.717, 1.165) is 65.0 Å². The molecular weight excluding hydrogens is 266 g/mol. The van der Waals surface area contributed by atoms with Crippen molar-refractivity contribution in [1.82, 2.24) is 15.5 Å². The van der Waals surface area contributed by atoms with E-state index in [1.807, 2.05) is 0 Å². The fraction of sp³-hybridized carbons (Fsp3) is 0.938. The molecule has 1 amide bonds. The molecule has 0 aromatic carbocycles. The number of methoxy groups -OCH3 is 1. The zero-order valence-corrected chi connectivity index (χ0v) is 14.0. The lowest BCUT2D eigenvalue weighted by molar-refractivity contribution is -0.136. The highest BCUT2D eigenvalue weighted by molar-refractivity contribution is 5.82. The van der Waals surface area contributed by atoms with E-state index in [1.165, 1.54) is 0 Å². The average Bonchev–Trinajstić information content (AvgIpc) is 2.52. The Hall–Kier alpha value is -0.650. The van der Waals surface area contributed by atoms with Gasteiger partial charge in [-0.25, -0.2) is 0 Å². The van der Waals surface area contributed by atoms with Gasteiger partial charge in [0.1, 0.15) is 0 Å². The SMILES string of the molecule is CCN(CC)CCCCNC(=O)C1(COC)CCNCC1. The predicted molar refractivity (Wildman–Crippen MR) is 86.4 cm³/mol. The summed E-state index contributed by atoms with van der Waals surface area (Å²) in [6.45, 7) is 10.8. The summed E-state index contributed by atoms with van der Waals surface area (Å²) < 4.78 is 5.30. The summed E-state index contributed by atoms with van der Waals surface area (Å²) in [5.41, 5.74) is -0.321. The largest absolute Gasteiger partial charge is 0.384 e. The van der Waals surface area contributed by atoms with E-state index in [1.54, 1.807) is 7.11 Å². The van der Waals surface area contributed by atoms with E-state index in [4.69, 9.17) is 4.74 Å². The molecule has 5 heteroatoms. The monoisotopic (exact) mass is 299 g/mol. The number of hydrogen-bond donors (Lipinski definition) is 2. The highest BCUT2D eigenvalue weighted by Gasteiger charge is 2.39. The average molecular weight is 299 g/mol. The lowest BCUT2D eigenvalue weighted by atomic mass is 9.78. The van der Waals surface area contributed by atoms with Gasteiger partial charge >= 0.3 is 0 Å². The Morgan fingerprint density at radius 2 is 1.90 bits per heavy atom. The van der Waals surface area contributed by atoms with Crippen LogP contribution in [0.2, 0.25) is 0 Å². The molecule has 0 spiro atoms. The maximum Gasteiger partial charge on any atom is 0.228 e. The van der Waals surface area contributed by atoms with Crippen LogP contribution in [0.25, 0.3) is 0 Å². The number of hydrogen-bond acceptors (Lipinski definition) is 4. The highest BCUT2D eigenvalue weighted by Crippen LogP contribution is 2.29. The third-order valence-corrected chi connectivity index (χ3v) is 4.54. The van der Waals surface area contributed by atoms with Crippen molar-refractivity contribution in [3.63, 3.8) is 0 Å². The third kappa shape index (κ3) is 5.93. The van der Waals surface area contributed by atoms with Gasteiger partial charge < -0.3 is 20.3 Å². The Morgan fingerprint density at radius 1 is 1.24 bits per heavy atom. The number of ether oxygens (including phenoxy) is 1. The van der Waals surface area contributed by atoms with E-state index in [2.05, 4.69) is 29.4 Å². The standard InChI is InChI=1S/C16H33N3O2/c1-4-19(5-2)13-7-6-10-18-15(20)16(14-21-3)8-11-17-12-9-16/h17H,4-14H2,1-3H3,(H,18,20). The molecule has 1 heterocycles. The summed E-state index contributed by atoms with van der Waals surface area (Å²) in [4.78, 5) is 14.9. The molecule has 1 fully saturated rings. The molecule has 0 bridgehead atoms. The van der Waals surface area contributed by atoms with Gasteiger partial charge in [-0.2, -0.15) is 0 Å². The van der Waals surface area contributed by atoms with Crippen molar-refractivity contribution in [1.29, 1.82) is 0 Å². The van der Waals surface area contributed by atoms with Crippen LogP contribution in [0.5, 0.6) is 0 Å². The van der Waals surface area contributed by atoms with Crippen LogP contribution in [0.1, 0.15) is 39.5 Å². The van der Waals surface area contributed by atoms with Crippen molar-refractivity contribution in [3.8, 4) is 0 Å². The van der Waals surface area contributed by atoms with E-state index in [0.29, 0.717) is 6.61 Å². The highest BCUT2D eigenvalue weighted by atomic mass is 16.5. The molecule has 1 rings (SSSR count). The second-order valence-corrected chi connectivity index (χ2v) is 5.95. The molecule has 0 radical (unpaired) electrons. The Bertz CT molecular complexity index is 282. The van der Waals surface area contributed by atoms with Gasteiger partial charge in [-0.15, -0.1) is 0 Å². The summed E-state index contributed by atoms with van der Waals surface area (Å²) in [6.07, 6.45) is 3.92. The van der Waals surface area contributed by atoms with Crippen LogP contribution in [0.4, 0.5) is 0 Å². The summed E-state index contributed by atoms with van der Waals surface area (Å²) in [6, 6.07) is 0. The summed E-state index contributed by atoms with van der Waals surface area (Å²) >= 11 is 0. The summed E-state index contributed by atoms with van der Waals surface area (Å²) in [5, 5.41) is 6.44. The second-order valence-electron chi connectivity index (χ2n) is 5.95. The van der Waals surface area contributed by atoms with Gasteiger partial charge in [-0.1, -0.05) is 13.8 Å². The Morgan fingerprint density at radius 3 is 2.48 bits per heavy atom. The molecule has 5 nitrogen and oxygen atoms in total. The van der Waals surface area contributed by atoms with Crippen LogP contribution in [0.3, 0.4) is 0 Å². The van der Waals surface area contributed by atoms with E-state index >= 15 is 0 Å².